The number of para-hydroxylation sites is 1. The van der Waals surface area contributed by atoms with Gasteiger partial charge in [-0.15, -0.1) is 0 Å². The van der Waals surface area contributed by atoms with Crippen molar-refractivity contribution in [2.45, 2.75) is 12.1 Å². The summed E-state index contributed by atoms with van der Waals surface area (Å²) < 4.78 is 0. The van der Waals surface area contributed by atoms with Gasteiger partial charge in [0, 0.05) is 28.4 Å². The summed E-state index contributed by atoms with van der Waals surface area (Å²) in [6, 6.07) is 21.0. The second-order valence-electron chi connectivity index (χ2n) is 8.87. The van der Waals surface area contributed by atoms with Crippen LogP contribution in [0.15, 0.2) is 91.1 Å². The predicted octanol–water partition coefficient (Wildman–Crippen LogP) is 4.46. The van der Waals surface area contributed by atoms with Crippen molar-refractivity contribution in [3.8, 4) is 0 Å². The largest absolute Gasteiger partial charge is 0.358 e. The van der Waals surface area contributed by atoms with E-state index in [1.54, 1.807) is 71.8 Å². The minimum atomic E-state index is -0.862. The summed E-state index contributed by atoms with van der Waals surface area (Å²) >= 11 is 5.92. The topological polar surface area (TPSA) is 74.8 Å². The summed E-state index contributed by atoms with van der Waals surface area (Å²) in [5.74, 6) is -2.75. The Bertz CT molecular complexity index is 1420. The van der Waals surface area contributed by atoms with Crippen LogP contribution in [-0.4, -0.2) is 34.3 Å². The van der Waals surface area contributed by atoms with E-state index in [-0.39, 0.29) is 23.4 Å². The summed E-state index contributed by atoms with van der Waals surface area (Å²) in [6.45, 7) is 0. The zero-order chi connectivity index (χ0) is 24.3. The van der Waals surface area contributed by atoms with Crippen LogP contribution in [0.4, 0.5) is 5.69 Å². The number of hydrogen-bond donors (Lipinski definition) is 0. The van der Waals surface area contributed by atoms with Crippen molar-refractivity contribution < 1.29 is 19.2 Å². The lowest BCUT2D eigenvalue weighted by atomic mass is 9.89. The molecule has 3 heterocycles. The van der Waals surface area contributed by atoms with Gasteiger partial charge < -0.3 is 4.90 Å². The highest BCUT2D eigenvalue weighted by molar-refractivity contribution is 6.30. The van der Waals surface area contributed by atoms with Crippen LogP contribution in [0, 0.1) is 11.8 Å². The Morgan fingerprint density at radius 2 is 1.40 bits per heavy atom. The third kappa shape index (κ3) is 3.17. The number of nitrogens with zero attached hydrogens (tertiary/aromatic N) is 2. The summed E-state index contributed by atoms with van der Waals surface area (Å²) in [5, 5.41) is 0.523. The van der Waals surface area contributed by atoms with Gasteiger partial charge in [0.25, 0.3) is 0 Å². The molecule has 35 heavy (non-hydrogen) atoms. The van der Waals surface area contributed by atoms with Crippen LogP contribution in [0.1, 0.15) is 32.3 Å². The lowest BCUT2D eigenvalue weighted by Gasteiger charge is -2.37. The van der Waals surface area contributed by atoms with Crippen LogP contribution < -0.4 is 4.90 Å². The molecule has 3 aliphatic heterocycles. The summed E-state index contributed by atoms with van der Waals surface area (Å²) in [7, 11) is 0. The highest BCUT2D eigenvalue weighted by Crippen LogP contribution is 2.55. The number of allylic oxidation sites excluding steroid dienone is 1. The first kappa shape index (κ1) is 21.5. The number of rotatable bonds is 4. The average Bonchev–Trinajstić information content (AvgIpc) is 3.30. The molecular formula is C28H19ClN2O4. The van der Waals surface area contributed by atoms with Gasteiger partial charge >= 0.3 is 0 Å². The molecular weight excluding hydrogens is 464 g/mol. The van der Waals surface area contributed by atoms with Crippen LogP contribution in [0.25, 0.3) is 0 Å². The van der Waals surface area contributed by atoms with Gasteiger partial charge in [0.15, 0.2) is 11.6 Å². The molecule has 0 N–H and O–H groups in total. The first-order valence-corrected chi connectivity index (χ1v) is 11.7. The quantitative estimate of drug-likeness (QED) is 0.312. The van der Waals surface area contributed by atoms with Crippen molar-refractivity contribution in [1.29, 1.82) is 0 Å². The number of hydrogen-bond acceptors (Lipinski definition) is 5. The Balaban J connectivity index is 1.42. The van der Waals surface area contributed by atoms with Gasteiger partial charge in [-0.25, -0.2) is 4.90 Å². The fourth-order valence-corrected chi connectivity index (χ4v) is 5.72. The molecule has 0 aliphatic carbocycles. The average molecular weight is 483 g/mol. The fourth-order valence-electron chi connectivity index (χ4n) is 5.59. The van der Waals surface area contributed by atoms with E-state index in [4.69, 9.17) is 11.6 Å². The van der Waals surface area contributed by atoms with E-state index in [0.29, 0.717) is 27.4 Å². The fraction of sp³-hybridized carbons (Fsp3) is 0.143. The van der Waals surface area contributed by atoms with Crippen LogP contribution in [0.5, 0.6) is 0 Å². The molecule has 6 rings (SSSR count). The number of halogens is 1. The van der Waals surface area contributed by atoms with E-state index in [2.05, 4.69) is 0 Å². The molecule has 0 aromatic heterocycles. The Morgan fingerprint density at radius 3 is 2.11 bits per heavy atom. The first-order valence-electron chi connectivity index (χ1n) is 11.3. The van der Waals surface area contributed by atoms with Gasteiger partial charge in [0.05, 0.1) is 23.6 Å². The molecule has 2 fully saturated rings. The van der Waals surface area contributed by atoms with Crippen LogP contribution >= 0.6 is 11.6 Å². The van der Waals surface area contributed by atoms with Gasteiger partial charge in [-0.05, 0) is 42.0 Å². The summed E-state index contributed by atoms with van der Waals surface area (Å²) in [4.78, 5) is 56.6. The summed E-state index contributed by atoms with van der Waals surface area (Å²) in [6.07, 6.45) is 2.95. The maximum atomic E-state index is 13.7. The minimum absolute atomic E-state index is 0.219. The van der Waals surface area contributed by atoms with Crippen molar-refractivity contribution in [2.75, 3.05) is 4.90 Å². The van der Waals surface area contributed by atoms with Crippen molar-refractivity contribution in [1.82, 2.24) is 4.90 Å². The number of imide groups is 1. The molecule has 4 atom stereocenters. The van der Waals surface area contributed by atoms with Crippen LogP contribution in [-0.2, 0) is 9.59 Å². The smallest absolute Gasteiger partial charge is 0.240 e. The zero-order valence-electron chi connectivity index (χ0n) is 18.4. The second kappa shape index (κ2) is 8.03. The van der Waals surface area contributed by atoms with E-state index in [9.17, 15) is 19.2 Å². The Morgan fingerprint density at radius 1 is 0.771 bits per heavy atom. The highest BCUT2D eigenvalue weighted by Gasteiger charge is 2.66. The third-order valence-corrected chi connectivity index (χ3v) is 7.33. The van der Waals surface area contributed by atoms with Crippen molar-refractivity contribution in [2.24, 2.45) is 11.8 Å². The molecule has 2 unspecified atom stereocenters. The van der Waals surface area contributed by atoms with Crippen molar-refractivity contribution >= 4 is 40.7 Å². The number of anilines is 1. The van der Waals surface area contributed by atoms with Gasteiger partial charge in [0.1, 0.15) is 6.04 Å². The lowest BCUT2D eigenvalue weighted by Crippen LogP contribution is -2.46. The molecule has 3 aromatic rings. The number of carbonyl (C=O) groups excluding carboxylic acids is 4. The zero-order valence-corrected chi connectivity index (χ0v) is 19.1. The van der Waals surface area contributed by atoms with Gasteiger partial charge in [-0.3, -0.25) is 19.2 Å². The molecule has 7 heteroatoms. The molecule has 3 aliphatic rings. The van der Waals surface area contributed by atoms with E-state index < -0.39 is 23.9 Å². The molecule has 0 saturated carbocycles. The molecule has 3 aromatic carbocycles. The highest BCUT2D eigenvalue weighted by atomic mass is 35.5. The van der Waals surface area contributed by atoms with E-state index in [1.165, 1.54) is 11.0 Å². The minimum Gasteiger partial charge on any atom is -0.358 e. The number of carbonyl (C=O) groups is 4. The number of ketones is 2. The monoisotopic (exact) mass is 482 g/mol. The Kier molecular flexibility index (Phi) is 4.93. The molecule has 6 nitrogen and oxygen atoms in total. The maximum Gasteiger partial charge on any atom is 0.240 e. The maximum absolute atomic E-state index is 13.7. The van der Waals surface area contributed by atoms with E-state index in [1.807, 2.05) is 18.2 Å². The van der Waals surface area contributed by atoms with Crippen molar-refractivity contribution in [3.63, 3.8) is 0 Å². The Labute approximate surface area is 206 Å². The molecule has 2 amide bonds. The van der Waals surface area contributed by atoms with Gasteiger partial charge in [-0.1, -0.05) is 54.1 Å². The Hall–Kier alpha value is -4.03. The molecule has 2 saturated heterocycles. The summed E-state index contributed by atoms with van der Waals surface area (Å²) in [5.41, 5.74) is 2.17. The van der Waals surface area contributed by atoms with Gasteiger partial charge in [-0.2, -0.15) is 0 Å². The van der Waals surface area contributed by atoms with Crippen LogP contribution in [0.3, 0.4) is 0 Å². The predicted molar refractivity (Wildman–Crippen MR) is 130 cm³/mol. The molecule has 0 radical (unpaired) electrons. The first-order chi connectivity index (χ1) is 17.0. The number of benzene rings is 3. The number of Topliss-reactive ketones (excluding diaryl/α,β-unsaturated/α-hetero) is 1. The second-order valence-corrected chi connectivity index (χ2v) is 9.31. The molecule has 2 bridgehead atoms. The number of amides is 2. The normalized spacial score (nSPS) is 24.8. The lowest BCUT2D eigenvalue weighted by molar-refractivity contribution is -0.123. The van der Waals surface area contributed by atoms with Crippen LogP contribution in [0.2, 0.25) is 5.02 Å². The van der Waals surface area contributed by atoms with E-state index >= 15 is 0 Å². The molecule has 0 spiro atoms. The van der Waals surface area contributed by atoms with Gasteiger partial charge in [0.2, 0.25) is 11.8 Å². The molecule has 172 valence electrons. The SMILES string of the molecule is O=C(/C=C/N1C2C(=O)c3ccccc3C1[C@@H]1C(=O)N(c3ccccc3)C(=O)[C@@H]21)c1ccc(Cl)cc1. The van der Waals surface area contributed by atoms with Crippen molar-refractivity contribution in [3.05, 3.63) is 113 Å². The van der Waals surface area contributed by atoms with E-state index in [0.717, 1.165) is 0 Å². The number of fused-ring (bicyclic) bond motifs is 7. The third-order valence-electron chi connectivity index (χ3n) is 7.08. The standard InChI is InChI=1S/C28H19ClN2O4/c29-17-12-10-16(11-13-17)21(32)14-15-30-24-19-8-4-5-9-20(19)26(33)25(30)23-22(24)27(34)31(28(23)35)18-6-2-1-3-7-18/h1-15,22-25H/b15-14+/t22-,23-,24?,25?/m1/s1.